The minimum atomic E-state index is 0.473. The molecule has 0 fully saturated rings. The number of hydrogen-bond acceptors (Lipinski definition) is 10. The highest BCUT2D eigenvalue weighted by Gasteiger charge is 2.19. The zero-order chi connectivity index (χ0) is 70.0. The van der Waals surface area contributed by atoms with Gasteiger partial charge in [-0.05, 0) is 76.9 Å². The van der Waals surface area contributed by atoms with E-state index in [4.69, 9.17) is 56.2 Å². The van der Waals surface area contributed by atoms with Gasteiger partial charge in [0.25, 0.3) is 0 Å². The Morgan fingerprint density at radius 1 is 0.231 bits per heavy atom. The van der Waals surface area contributed by atoms with Crippen LogP contribution in [0.3, 0.4) is 0 Å². The third-order valence-electron chi connectivity index (χ3n) is 18.0. The Hall–Kier alpha value is -13.4. The van der Waals surface area contributed by atoms with E-state index in [1.165, 1.54) is 0 Å². The van der Waals surface area contributed by atoms with Gasteiger partial charge in [0, 0.05) is 71.6 Å². The van der Waals surface area contributed by atoms with Crippen molar-refractivity contribution in [2.45, 2.75) is 0 Å². The fourth-order valence-corrected chi connectivity index (χ4v) is 13.1. The average Bonchev–Trinajstić information content (AvgIpc) is 0.635. The Bertz CT molecular complexity index is 5940. The van der Waals surface area contributed by atoms with Gasteiger partial charge in [-0.15, -0.1) is 0 Å². The topological polar surface area (TPSA) is 133 Å². The van der Waals surface area contributed by atoms with E-state index in [-0.39, 0.29) is 0 Å². The highest BCUT2D eigenvalue weighted by atomic mass is 35.5. The van der Waals surface area contributed by atoms with Crippen LogP contribution >= 0.6 is 11.6 Å². The number of hydrogen-bond donors (Lipinski definition) is 1. The van der Waals surface area contributed by atoms with Crippen molar-refractivity contribution in [2.24, 2.45) is 0 Å². The zero-order valence-corrected chi connectivity index (χ0v) is 56.8. The number of pyridine rings is 4. The maximum Gasteiger partial charge on any atom is 0.569 e. The van der Waals surface area contributed by atoms with Crippen LogP contribution in [0.1, 0.15) is 0 Å². The van der Waals surface area contributed by atoms with Crippen LogP contribution in [0.15, 0.2) is 364 Å². The van der Waals surface area contributed by atoms with E-state index in [1.54, 1.807) is 6.07 Å². The first kappa shape index (κ1) is 65.2. The van der Waals surface area contributed by atoms with Gasteiger partial charge in [0.1, 0.15) is 10.9 Å². The molecule has 0 aliphatic carbocycles. The molecule has 0 amide bonds. The third-order valence-corrected chi connectivity index (χ3v) is 18.2. The van der Waals surface area contributed by atoms with E-state index in [9.17, 15) is 0 Å². The number of rotatable bonds is 13. The molecule has 0 atom stereocenters. The summed E-state index contributed by atoms with van der Waals surface area (Å²) in [6.45, 7) is 0. The molecule has 0 bridgehead atoms. The molecular weight excluding hydrogens is 1300 g/mol. The van der Waals surface area contributed by atoms with Crippen LogP contribution < -0.4 is 4.65 Å². The van der Waals surface area contributed by atoms with Crippen molar-refractivity contribution in [2.75, 3.05) is 0 Å². The number of aromatic nitrogens is 8. The van der Waals surface area contributed by atoms with Gasteiger partial charge in [-0.3, -0.25) is 0 Å². The van der Waals surface area contributed by atoms with Crippen LogP contribution in [-0.4, -0.2) is 52.6 Å². The lowest BCUT2D eigenvalue weighted by molar-refractivity contribution is 0.454. The molecule has 491 valence electrons. The van der Waals surface area contributed by atoms with Crippen molar-refractivity contribution in [1.29, 1.82) is 0 Å². The van der Waals surface area contributed by atoms with Gasteiger partial charge >= 0.3 is 7.69 Å². The van der Waals surface area contributed by atoms with Gasteiger partial charge in [-0.25, -0.2) is 39.9 Å². The third kappa shape index (κ3) is 14.3. The van der Waals surface area contributed by atoms with E-state index in [2.05, 4.69) is 175 Å². The fraction of sp³-hybridized carbons (Fsp3) is 0. The lowest BCUT2D eigenvalue weighted by atomic mass is 9.96. The summed E-state index contributed by atoms with van der Waals surface area (Å²) in [7, 11) is 0.671. The number of halogens is 1. The molecule has 6 heterocycles. The average molecular weight is 1360 g/mol. The van der Waals surface area contributed by atoms with Crippen LogP contribution in [0.4, 0.5) is 0 Å². The number of benzene rings is 12. The first-order valence-electron chi connectivity index (χ1n) is 34.1. The summed E-state index contributed by atoms with van der Waals surface area (Å²) >= 11 is 6.39. The number of nitrogens with zero attached hydrogens (tertiary/aromatic N) is 8. The molecule has 0 aliphatic rings. The first-order valence-corrected chi connectivity index (χ1v) is 34.5. The van der Waals surface area contributed by atoms with E-state index < -0.39 is 0 Å². The largest absolute Gasteiger partial charge is 0.569 e. The lowest BCUT2D eigenvalue weighted by Gasteiger charge is -2.14. The molecule has 0 spiro atoms. The Kier molecular flexibility index (Phi) is 18.9. The monoisotopic (exact) mass is 1360 g/mol. The van der Waals surface area contributed by atoms with Gasteiger partial charge in [0.15, 0.2) is 11.6 Å². The summed E-state index contributed by atoms with van der Waals surface area (Å²) in [6.07, 6.45) is 0. The summed E-state index contributed by atoms with van der Waals surface area (Å²) in [5.74, 6) is 1.89. The highest BCUT2D eigenvalue weighted by Crippen LogP contribution is 2.39. The van der Waals surface area contributed by atoms with Crippen molar-refractivity contribution in [3.8, 4) is 130 Å². The Morgan fingerprint density at radius 2 is 0.538 bits per heavy atom. The van der Waals surface area contributed by atoms with Crippen molar-refractivity contribution in [1.82, 2.24) is 39.9 Å². The molecule has 6 aromatic heterocycles. The normalized spacial score (nSPS) is 11.0. The van der Waals surface area contributed by atoms with Crippen molar-refractivity contribution >= 4 is 62.9 Å². The van der Waals surface area contributed by atoms with E-state index >= 15 is 0 Å². The van der Waals surface area contributed by atoms with Gasteiger partial charge < -0.3 is 9.68 Å². The van der Waals surface area contributed by atoms with Crippen LogP contribution in [0.2, 0.25) is 5.15 Å². The van der Waals surface area contributed by atoms with Crippen LogP contribution in [0.25, 0.3) is 167 Å². The van der Waals surface area contributed by atoms with E-state index in [0.29, 0.717) is 30.2 Å². The molecule has 10 nitrogen and oxygen atoms in total. The predicted octanol–water partition coefficient (Wildman–Crippen LogP) is 22.7. The smallest absolute Gasteiger partial charge is 0.537 e. The maximum atomic E-state index is 8.89. The molecule has 12 aromatic carbocycles. The van der Waals surface area contributed by atoms with E-state index in [1.807, 2.05) is 188 Å². The molecule has 0 saturated heterocycles. The second-order valence-corrected chi connectivity index (χ2v) is 25.1. The molecule has 12 heteroatoms. The second kappa shape index (κ2) is 30.2. The van der Waals surface area contributed by atoms with Gasteiger partial charge in [0.2, 0.25) is 0 Å². The molecule has 0 unspecified atom stereocenters. The van der Waals surface area contributed by atoms with Gasteiger partial charge in [-0.2, -0.15) is 0 Å². The SMILES string of the molecule is Clc1cc(-c2ccccc2)c2ccc3ccc(-c4ccccc4)nc3c2n1.O[B]Oc1cccc(-c2cc(-c3ccccc3)nc(-c3ccccc3)n2)c1.c1ccc(-c2cc(-c3cccc(-c4cc(-c5ccccc5)c5ccc6ccc(-c7ccccc7)nc6c5n4)c3)nc(-c3ccccc3)n2)cc1. The van der Waals surface area contributed by atoms with Crippen molar-refractivity contribution in [3.05, 3.63) is 369 Å². The highest BCUT2D eigenvalue weighted by molar-refractivity contribution is 6.30. The maximum absolute atomic E-state index is 8.89. The quantitative estimate of drug-likeness (QED) is 0.0676. The van der Waals surface area contributed by atoms with Gasteiger partial charge in [-0.1, -0.05) is 321 Å². The minimum Gasteiger partial charge on any atom is -0.537 e. The molecule has 1 N–H and O–H groups in total. The summed E-state index contributed by atoms with van der Waals surface area (Å²) in [5, 5.41) is 13.6. The van der Waals surface area contributed by atoms with Crippen LogP contribution in [0.5, 0.6) is 5.75 Å². The second-order valence-electron chi connectivity index (χ2n) is 24.7. The van der Waals surface area contributed by atoms with Crippen molar-refractivity contribution in [3.63, 3.8) is 0 Å². The summed E-state index contributed by atoms with van der Waals surface area (Å²) in [5.41, 5.74) is 23.0. The molecule has 104 heavy (non-hydrogen) atoms. The molecule has 0 aliphatic heterocycles. The van der Waals surface area contributed by atoms with Crippen LogP contribution in [-0.2, 0) is 0 Å². The standard InChI is InChI=1S/C46H30N4.C24H15ClN2.C22H16BN2O2/c1-5-14-31(15-6-1)39-29-41(48-45-38(39)26-24-34-25-27-40(47-44(34)45)32-16-7-2-8-17-32)36-22-13-23-37(28-36)43-30-42(33-18-9-3-10-19-33)49-46(50-43)35-20-11-4-12-21-35;25-22-15-20(16-7-3-1-4-8-16)19-13-11-18-12-14-21(17-9-5-2-6-10-17)26-23(18)24(19)27-22;26-23-27-19-13-7-12-18(14-19)21-15-20(16-8-3-1-4-9-16)24-22(25-21)17-10-5-2-6-11-17/h1-30H;1-15H;1-15,26H. The molecule has 0 saturated carbocycles. The predicted molar refractivity (Wildman–Crippen MR) is 425 cm³/mol. The fourth-order valence-electron chi connectivity index (χ4n) is 12.9. The van der Waals surface area contributed by atoms with Crippen molar-refractivity contribution < 1.29 is 9.68 Å². The zero-order valence-electron chi connectivity index (χ0n) is 56.0. The Balaban J connectivity index is 0.000000131. The number of fused-ring (bicyclic) bond motifs is 6. The van der Waals surface area contributed by atoms with Crippen LogP contribution in [0, 0.1) is 0 Å². The summed E-state index contributed by atoms with van der Waals surface area (Å²) < 4.78 is 5.08. The molecule has 18 rings (SSSR count). The van der Waals surface area contributed by atoms with E-state index in [0.717, 1.165) is 156 Å². The minimum absolute atomic E-state index is 0.473. The first-order chi connectivity index (χ1) is 51.4. The lowest BCUT2D eigenvalue weighted by Crippen LogP contribution is -2.00. The summed E-state index contributed by atoms with van der Waals surface area (Å²) in [6, 6.07) is 123. The molecule has 18 aromatic rings. The Morgan fingerprint density at radius 3 is 0.952 bits per heavy atom. The molecular formula is C92H61BClN8O2. The van der Waals surface area contributed by atoms with Gasteiger partial charge in [0.05, 0.1) is 61.9 Å². The summed E-state index contributed by atoms with van der Waals surface area (Å²) in [4.78, 5) is 39.7. The molecule has 1 radical (unpaired) electrons. The Labute approximate surface area is 607 Å².